The van der Waals surface area contributed by atoms with E-state index in [1.807, 2.05) is 11.3 Å². The first-order valence-electron chi connectivity index (χ1n) is 4.75. The van der Waals surface area contributed by atoms with Gasteiger partial charge in [-0.1, -0.05) is 43.1 Å². The Morgan fingerprint density at radius 3 is 2.62 bits per heavy atom. The van der Waals surface area contributed by atoms with Crippen LogP contribution in [0, 0.1) is 0 Å². The topological polar surface area (TPSA) is 0 Å². The van der Waals surface area contributed by atoms with Gasteiger partial charge in [-0.15, -0.1) is 11.3 Å². The molecule has 0 saturated carbocycles. The molecular weight excluding hydrogens is 244 g/mol. The fraction of sp³-hybridized carbons (Fsp3) is 0.636. The summed E-state index contributed by atoms with van der Waals surface area (Å²) in [6, 6.07) is 4.55. The van der Waals surface area contributed by atoms with Crippen molar-refractivity contribution in [1.82, 2.24) is 0 Å². The molecule has 0 N–H and O–H groups in total. The lowest BCUT2D eigenvalue weighted by atomic mass is 9.95. The second-order valence-electron chi connectivity index (χ2n) is 4.03. The van der Waals surface area contributed by atoms with Crippen LogP contribution < -0.4 is 0 Å². The normalized spacial score (nSPS) is 12.0. The number of alkyl halides is 1. The number of rotatable bonds is 4. The molecule has 0 saturated heterocycles. The summed E-state index contributed by atoms with van der Waals surface area (Å²) in [4.78, 5) is 3.01. The Hall–Kier alpha value is 0.180. The lowest BCUT2D eigenvalue weighted by molar-refractivity contribution is 0.621. The molecule has 1 rings (SSSR count). The average molecular weight is 261 g/mol. The van der Waals surface area contributed by atoms with Crippen LogP contribution >= 0.6 is 27.3 Å². The van der Waals surface area contributed by atoms with E-state index in [0.29, 0.717) is 0 Å². The Bertz CT molecular complexity index is 263. The largest absolute Gasteiger partial charge is 0.145 e. The Balaban J connectivity index is 2.79. The van der Waals surface area contributed by atoms with Crippen molar-refractivity contribution in [1.29, 1.82) is 0 Å². The highest BCUT2D eigenvalue weighted by atomic mass is 79.9. The molecule has 0 radical (unpaired) electrons. The summed E-state index contributed by atoms with van der Waals surface area (Å²) < 4.78 is 0. The van der Waals surface area contributed by atoms with Crippen LogP contribution in [0.2, 0.25) is 0 Å². The molecule has 0 unspecified atom stereocenters. The van der Waals surface area contributed by atoms with Crippen molar-refractivity contribution in [2.24, 2.45) is 0 Å². The third-order valence-corrected chi connectivity index (χ3v) is 5.07. The van der Waals surface area contributed by atoms with Gasteiger partial charge in [-0.2, -0.15) is 0 Å². The highest BCUT2D eigenvalue weighted by Crippen LogP contribution is 2.31. The van der Waals surface area contributed by atoms with Gasteiger partial charge in [0.2, 0.25) is 0 Å². The van der Waals surface area contributed by atoms with Crippen molar-refractivity contribution in [3.05, 3.63) is 21.9 Å². The molecule has 1 aromatic heterocycles. The van der Waals surface area contributed by atoms with E-state index in [1.165, 1.54) is 22.6 Å². The number of hydrogen-bond acceptors (Lipinski definition) is 1. The summed E-state index contributed by atoms with van der Waals surface area (Å²) in [7, 11) is 0. The molecule has 0 aromatic carbocycles. The second kappa shape index (κ2) is 4.61. The maximum Gasteiger partial charge on any atom is 0.0131 e. The number of hydrogen-bond donors (Lipinski definition) is 0. The fourth-order valence-electron chi connectivity index (χ4n) is 1.19. The predicted molar refractivity (Wildman–Crippen MR) is 65.1 cm³/mol. The lowest BCUT2D eigenvalue weighted by Gasteiger charge is -2.19. The standard InChI is InChI=1S/C11H17BrS/c1-4-5-9-6-7-10(13-9)11(2,3)8-12/h6-7H,4-5,8H2,1-3H3. The maximum atomic E-state index is 3.56. The van der Waals surface area contributed by atoms with Crippen molar-refractivity contribution in [3.8, 4) is 0 Å². The van der Waals surface area contributed by atoms with Gasteiger partial charge in [0.15, 0.2) is 0 Å². The van der Waals surface area contributed by atoms with Gasteiger partial charge in [-0.3, -0.25) is 0 Å². The molecule has 1 aromatic rings. The third kappa shape index (κ3) is 2.81. The molecule has 0 bridgehead atoms. The highest BCUT2D eigenvalue weighted by Gasteiger charge is 2.20. The van der Waals surface area contributed by atoms with Gasteiger partial charge in [0, 0.05) is 20.5 Å². The molecule has 0 spiro atoms. The van der Waals surface area contributed by atoms with Crippen LogP contribution in [0.3, 0.4) is 0 Å². The van der Waals surface area contributed by atoms with Crippen LogP contribution in [0.5, 0.6) is 0 Å². The molecule has 1 heterocycles. The summed E-state index contributed by atoms with van der Waals surface area (Å²) in [5.74, 6) is 0. The van der Waals surface area contributed by atoms with E-state index in [0.717, 1.165) is 5.33 Å². The predicted octanol–water partition coefficient (Wildman–Crippen LogP) is 4.37. The zero-order chi connectivity index (χ0) is 9.90. The molecule has 74 valence electrons. The monoisotopic (exact) mass is 260 g/mol. The minimum absolute atomic E-state index is 0.288. The maximum absolute atomic E-state index is 3.56. The van der Waals surface area contributed by atoms with E-state index in [-0.39, 0.29) is 5.41 Å². The summed E-state index contributed by atoms with van der Waals surface area (Å²) >= 11 is 5.52. The molecule has 0 aliphatic carbocycles. The second-order valence-corrected chi connectivity index (χ2v) is 5.76. The van der Waals surface area contributed by atoms with Gasteiger partial charge in [0.05, 0.1) is 0 Å². The minimum Gasteiger partial charge on any atom is -0.145 e. The first-order chi connectivity index (χ1) is 6.10. The molecule has 0 nitrogen and oxygen atoms in total. The zero-order valence-electron chi connectivity index (χ0n) is 8.56. The Labute approximate surface area is 93.5 Å². The summed E-state index contributed by atoms with van der Waals surface area (Å²) in [6.45, 7) is 6.79. The Morgan fingerprint density at radius 1 is 1.38 bits per heavy atom. The molecule has 2 heteroatoms. The van der Waals surface area contributed by atoms with Crippen LogP contribution in [0.1, 0.15) is 36.9 Å². The van der Waals surface area contributed by atoms with E-state index in [4.69, 9.17) is 0 Å². The van der Waals surface area contributed by atoms with Gasteiger partial charge in [-0.25, -0.2) is 0 Å². The highest BCUT2D eigenvalue weighted by molar-refractivity contribution is 9.09. The Morgan fingerprint density at radius 2 is 2.08 bits per heavy atom. The van der Waals surface area contributed by atoms with Crippen LogP contribution in [0.4, 0.5) is 0 Å². The Kier molecular flexibility index (Phi) is 3.99. The van der Waals surface area contributed by atoms with Gasteiger partial charge in [0.25, 0.3) is 0 Å². The van der Waals surface area contributed by atoms with E-state index in [2.05, 4.69) is 48.8 Å². The summed E-state index contributed by atoms with van der Waals surface area (Å²) in [5.41, 5.74) is 0.288. The van der Waals surface area contributed by atoms with Gasteiger partial charge >= 0.3 is 0 Å². The molecule has 0 atom stereocenters. The van der Waals surface area contributed by atoms with Crippen LogP contribution in [-0.2, 0) is 11.8 Å². The van der Waals surface area contributed by atoms with Gasteiger partial charge in [-0.05, 0) is 18.6 Å². The van der Waals surface area contributed by atoms with E-state index >= 15 is 0 Å². The van der Waals surface area contributed by atoms with Crippen LogP contribution in [0.15, 0.2) is 12.1 Å². The number of aryl methyl sites for hydroxylation is 1. The molecule has 0 aliphatic rings. The van der Waals surface area contributed by atoms with Crippen molar-refractivity contribution >= 4 is 27.3 Å². The van der Waals surface area contributed by atoms with Gasteiger partial charge in [0.1, 0.15) is 0 Å². The minimum atomic E-state index is 0.288. The number of halogens is 1. The van der Waals surface area contributed by atoms with Gasteiger partial charge < -0.3 is 0 Å². The first-order valence-corrected chi connectivity index (χ1v) is 6.69. The van der Waals surface area contributed by atoms with E-state index < -0.39 is 0 Å². The molecule has 0 aliphatic heterocycles. The molecule has 0 amide bonds. The van der Waals surface area contributed by atoms with Crippen LogP contribution in [-0.4, -0.2) is 5.33 Å². The fourth-order valence-corrected chi connectivity index (χ4v) is 2.89. The summed E-state index contributed by atoms with van der Waals surface area (Å²) in [5, 5.41) is 1.03. The summed E-state index contributed by atoms with van der Waals surface area (Å²) in [6.07, 6.45) is 2.47. The molecular formula is C11H17BrS. The van der Waals surface area contributed by atoms with Crippen molar-refractivity contribution in [2.45, 2.75) is 39.0 Å². The quantitative estimate of drug-likeness (QED) is 0.706. The molecule has 0 fully saturated rings. The average Bonchev–Trinajstić information content (AvgIpc) is 2.54. The number of thiophene rings is 1. The van der Waals surface area contributed by atoms with E-state index in [9.17, 15) is 0 Å². The third-order valence-electron chi connectivity index (χ3n) is 2.16. The first kappa shape index (κ1) is 11.3. The molecule has 13 heavy (non-hydrogen) atoms. The zero-order valence-corrected chi connectivity index (χ0v) is 11.0. The van der Waals surface area contributed by atoms with Crippen molar-refractivity contribution in [3.63, 3.8) is 0 Å². The lowest BCUT2D eigenvalue weighted by Crippen LogP contribution is -2.16. The van der Waals surface area contributed by atoms with Crippen molar-refractivity contribution in [2.75, 3.05) is 5.33 Å². The van der Waals surface area contributed by atoms with E-state index in [1.54, 1.807) is 0 Å². The smallest absolute Gasteiger partial charge is 0.0131 e. The van der Waals surface area contributed by atoms with Crippen molar-refractivity contribution < 1.29 is 0 Å². The SMILES string of the molecule is CCCc1ccc(C(C)(C)CBr)s1. The van der Waals surface area contributed by atoms with Crippen LogP contribution in [0.25, 0.3) is 0 Å².